The Bertz CT molecular complexity index is 463. The highest BCUT2D eigenvalue weighted by Crippen LogP contribution is 2.12. The third-order valence-corrected chi connectivity index (χ3v) is 2.54. The van der Waals surface area contributed by atoms with Crippen molar-refractivity contribution in [1.29, 1.82) is 0 Å². The van der Waals surface area contributed by atoms with Crippen LogP contribution in [-0.4, -0.2) is 22.7 Å². The maximum atomic E-state index is 6.00. The lowest BCUT2D eigenvalue weighted by atomic mass is 10.2. The van der Waals surface area contributed by atoms with Gasteiger partial charge in [-0.05, 0) is 6.07 Å². The Morgan fingerprint density at radius 2 is 2.25 bits per heavy atom. The normalized spacial score (nSPS) is 11.1. The van der Waals surface area contributed by atoms with Crippen molar-refractivity contribution in [1.82, 2.24) is 9.97 Å². The summed E-state index contributed by atoms with van der Waals surface area (Å²) in [6.07, 6.45) is 6.15. The van der Waals surface area contributed by atoms with Gasteiger partial charge in [-0.1, -0.05) is 29.8 Å². The van der Waals surface area contributed by atoms with Crippen LogP contribution >= 0.6 is 11.6 Å². The molecule has 4 heteroatoms. The Balaban J connectivity index is 1.88. The highest BCUT2D eigenvalue weighted by molar-refractivity contribution is 6.33. The molecular formula is C12H12ClN3. The molecule has 0 radical (unpaired) electrons. The number of hydrogen-bond donors (Lipinski definition) is 1. The van der Waals surface area contributed by atoms with E-state index in [9.17, 15) is 0 Å². The van der Waals surface area contributed by atoms with Crippen molar-refractivity contribution in [2.24, 2.45) is 4.99 Å². The number of aromatic amines is 1. The molecule has 0 saturated carbocycles. The van der Waals surface area contributed by atoms with Crippen LogP contribution in [0.3, 0.4) is 0 Å². The highest BCUT2D eigenvalue weighted by Gasteiger charge is 1.94. The van der Waals surface area contributed by atoms with Crippen molar-refractivity contribution in [2.45, 2.75) is 6.42 Å². The molecule has 0 atom stereocenters. The third kappa shape index (κ3) is 2.94. The van der Waals surface area contributed by atoms with E-state index in [0.717, 1.165) is 29.2 Å². The molecule has 1 aromatic heterocycles. The fraction of sp³-hybridized carbons (Fsp3) is 0.167. The SMILES string of the molecule is Clc1ccccc1C=NCCc1cnc[nH]1. The van der Waals surface area contributed by atoms with Crippen LogP contribution in [0.5, 0.6) is 0 Å². The van der Waals surface area contributed by atoms with Crippen LogP contribution in [0.1, 0.15) is 11.3 Å². The van der Waals surface area contributed by atoms with Crippen LogP contribution in [-0.2, 0) is 6.42 Å². The van der Waals surface area contributed by atoms with Gasteiger partial charge in [0.25, 0.3) is 0 Å². The Morgan fingerprint density at radius 3 is 3.00 bits per heavy atom. The van der Waals surface area contributed by atoms with E-state index >= 15 is 0 Å². The van der Waals surface area contributed by atoms with Gasteiger partial charge >= 0.3 is 0 Å². The molecule has 0 saturated heterocycles. The molecule has 1 aromatic carbocycles. The van der Waals surface area contributed by atoms with Crippen molar-refractivity contribution >= 4 is 17.8 Å². The number of rotatable bonds is 4. The molecule has 3 nitrogen and oxygen atoms in total. The van der Waals surface area contributed by atoms with Crippen LogP contribution < -0.4 is 0 Å². The molecule has 0 aliphatic carbocycles. The fourth-order valence-electron chi connectivity index (χ4n) is 1.35. The van der Waals surface area contributed by atoms with E-state index in [-0.39, 0.29) is 0 Å². The maximum Gasteiger partial charge on any atom is 0.0921 e. The number of hydrogen-bond acceptors (Lipinski definition) is 2. The minimum absolute atomic E-state index is 0.729. The van der Waals surface area contributed by atoms with E-state index in [0.29, 0.717) is 0 Å². The summed E-state index contributed by atoms with van der Waals surface area (Å²) in [5, 5.41) is 0.729. The lowest BCUT2D eigenvalue weighted by Gasteiger charge is -1.96. The third-order valence-electron chi connectivity index (χ3n) is 2.20. The van der Waals surface area contributed by atoms with E-state index in [1.807, 2.05) is 30.5 Å². The van der Waals surface area contributed by atoms with Gasteiger partial charge in [0.15, 0.2) is 0 Å². The molecule has 1 N–H and O–H groups in total. The monoisotopic (exact) mass is 233 g/mol. The zero-order valence-corrected chi connectivity index (χ0v) is 9.48. The van der Waals surface area contributed by atoms with E-state index in [1.54, 1.807) is 12.5 Å². The first-order valence-electron chi connectivity index (χ1n) is 5.08. The number of halogens is 1. The van der Waals surface area contributed by atoms with Gasteiger partial charge in [0, 0.05) is 41.7 Å². The second kappa shape index (κ2) is 5.47. The summed E-state index contributed by atoms with van der Waals surface area (Å²) in [5.74, 6) is 0. The van der Waals surface area contributed by atoms with Gasteiger partial charge in [-0.15, -0.1) is 0 Å². The van der Waals surface area contributed by atoms with Crippen molar-refractivity contribution in [3.8, 4) is 0 Å². The molecule has 0 spiro atoms. The largest absolute Gasteiger partial charge is 0.348 e. The average Bonchev–Trinajstić information content (AvgIpc) is 2.79. The van der Waals surface area contributed by atoms with Crippen molar-refractivity contribution < 1.29 is 0 Å². The topological polar surface area (TPSA) is 41.0 Å². The van der Waals surface area contributed by atoms with Crippen LogP contribution in [0.4, 0.5) is 0 Å². The Hall–Kier alpha value is -1.61. The molecule has 2 aromatic rings. The van der Waals surface area contributed by atoms with Crippen LogP contribution in [0.15, 0.2) is 41.8 Å². The molecule has 1 heterocycles. The number of aromatic nitrogens is 2. The first kappa shape index (κ1) is 10.9. The van der Waals surface area contributed by atoms with E-state index < -0.39 is 0 Å². The first-order valence-corrected chi connectivity index (χ1v) is 5.45. The van der Waals surface area contributed by atoms with Crippen molar-refractivity contribution in [2.75, 3.05) is 6.54 Å². The van der Waals surface area contributed by atoms with Gasteiger partial charge < -0.3 is 4.98 Å². The molecular weight excluding hydrogens is 222 g/mol. The quantitative estimate of drug-likeness (QED) is 0.811. The predicted octanol–water partition coefficient (Wildman–Crippen LogP) is 2.72. The molecule has 0 bridgehead atoms. The fourth-order valence-corrected chi connectivity index (χ4v) is 1.53. The van der Waals surface area contributed by atoms with E-state index in [2.05, 4.69) is 15.0 Å². The summed E-state index contributed by atoms with van der Waals surface area (Å²) in [5.41, 5.74) is 2.05. The van der Waals surface area contributed by atoms with Crippen molar-refractivity contribution in [3.05, 3.63) is 53.1 Å². The van der Waals surface area contributed by atoms with Crippen LogP contribution in [0, 0.1) is 0 Å². The van der Waals surface area contributed by atoms with Gasteiger partial charge in [0.05, 0.1) is 6.33 Å². The summed E-state index contributed by atoms with van der Waals surface area (Å²) in [4.78, 5) is 11.3. The van der Waals surface area contributed by atoms with Crippen LogP contribution in [0.2, 0.25) is 5.02 Å². The highest BCUT2D eigenvalue weighted by atomic mass is 35.5. The molecule has 16 heavy (non-hydrogen) atoms. The van der Waals surface area contributed by atoms with Gasteiger partial charge in [-0.2, -0.15) is 0 Å². The number of imidazole rings is 1. The molecule has 82 valence electrons. The van der Waals surface area contributed by atoms with Crippen LogP contribution in [0.25, 0.3) is 0 Å². The van der Waals surface area contributed by atoms with E-state index in [4.69, 9.17) is 11.6 Å². The zero-order chi connectivity index (χ0) is 11.2. The number of nitrogens with one attached hydrogen (secondary N) is 1. The van der Waals surface area contributed by atoms with Gasteiger partial charge in [0.2, 0.25) is 0 Å². The lowest BCUT2D eigenvalue weighted by Crippen LogP contribution is -1.91. The van der Waals surface area contributed by atoms with Gasteiger partial charge in [-0.3, -0.25) is 4.99 Å². The molecule has 0 unspecified atom stereocenters. The standard InChI is InChI=1S/C12H12ClN3/c13-12-4-2-1-3-10(12)7-14-6-5-11-8-15-9-16-11/h1-4,7-9H,5-6H2,(H,15,16). The summed E-state index contributed by atoms with van der Waals surface area (Å²) in [6.45, 7) is 0.730. The van der Waals surface area contributed by atoms with Gasteiger partial charge in [-0.25, -0.2) is 4.98 Å². The number of H-pyrrole nitrogens is 1. The van der Waals surface area contributed by atoms with E-state index in [1.165, 1.54) is 0 Å². The molecule has 0 amide bonds. The average molecular weight is 234 g/mol. The Labute approximate surface area is 99.2 Å². The van der Waals surface area contributed by atoms with Crippen molar-refractivity contribution in [3.63, 3.8) is 0 Å². The summed E-state index contributed by atoms with van der Waals surface area (Å²) in [6, 6.07) is 7.66. The summed E-state index contributed by atoms with van der Waals surface area (Å²) >= 11 is 6.00. The molecule has 0 aliphatic heterocycles. The number of aliphatic imine (C=N–C) groups is 1. The summed E-state index contributed by atoms with van der Waals surface area (Å²) in [7, 11) is 0. The maximum absolute atomic E-state index is 6.00. The van der Waals surface area contributed by atoms with Gasteiger partial charge in [0.1, 0.15) is 0 Å². The number of benzene rings is 1. The second-order valence-corrected chi connectivity index (χ2v) is 3.79. The molecule has 0 aliphatic rings. The molecule has 0 fully saturated rings. The summed E-state index contributed by atoms with van der Waals surface area (Å²) < 4.78 is 0. The predicted molar refractivity (Wildman–Crippen MR) is 66.2 cm³/mol. The Kier molecular flexibility index (Phi) is 3.72. The minimum Gasteiger partial charge on any atom is -0.348 e. The second-order valence-electron chi connectivity index (χ2n) is 3.38. The molecule has 2 rings (SSSR count). The lowest BCUT2D eigenvalue weighted by molar-refractivity contribution is 0.939. The first-order chi connectivity index (χ1) is 7.86. The zero-order valence-electron chi connectivity index (χ0n) is 8.73. The minimum atomic E-state index is 0.729. The number of nitrogens with zero attached hydrogens (tertiary/aromatic N) is 2. The smallest absolute Gasteiger partial charge is 0.0921 e. The Morgan fingerprint density at radius 1 is 1.38 bits per heavy atom.